The summed E-state index contributed by atoms with van der Waals surface area (Å²) in [6, 6.07) is 5.50. The van der Waals surface area contributed by atoms with Crippen LogP contribution in [0.4, 0.5) is 4.39 Å². The van der Waals surface area contributed by atoms with Gasteiger partial charge in [-0.2, -0.15) is 0 Å². The van der Waals surface area contributed by atoms with Crippen molar-refractivity contribution in [3.05, 3.63) is 34.1 Å². The standard InChI is InChI=1S/C14H20BrFN2O.ClH/c1-19-12-4-5-18(11(7-12)8-17)9-10-2-3-14(16)13(15)6-10;/h2-3,6,11-12H,4-5,7-9,17H2,1H3;1H. The first-order valence-corrected chi connectivity index (χ1v) is 7.34. The average molecular weight is 368 g/mol. The second-order valence-electron chi connectivity index (χ2n) is 4.99. The fourth-order valence-electron chi connectivity index (χ4n) is 2.60. The highest BCUT2D eigenvalue weighted by molar-refractivity contribution is 9.10. The van der Waals surface area contributed by atoms with Gasteiger partial charge in [0, 0.05) is 32.8 Å². The molecule has 20 heavy (non-hydrogen) atoms. The number of rotatable bonds is 4. The van der Waals surface area contributed by atoms with E-state index in [0.29, 0.717) is 23.2 Å². The lowest BCUT2D eigenvalue weighted by molar-refractivity contribution is 0.0102. The summed E-state index contributed by atoms with van der Waals surface area (Å²) < 4.78 is 19.2. The Morgan fingerprint density at radius 1 is 1.50 bits per heavy atom. The molecule has 1 fully saturated rings. The summed E-state index contributed by atoms with van der Waals surface area (Å²) in [4.78, 5) is 2.36. The number of ether oxygens (including phenoxy) is 1. The van der Waals surface area contributed by atoms with Crippen LogP contribution in [0.15, 0.2) is 22.7 Å². The third-order valence-electron chi connectivity index (χ3n) is 3.76. The molecule has 0 radical (unpaired) electrons. The Hall–Kier alpha value is -0.200. The Bertz CT molecular complexity index is 436. The van der Waals surface area contributed by atoms with Crippen LogP contribution in [0, 0.1) is 5.82 Å². The number of halogens is 3. The van der Waals surface area contributed by atoms with E-state index in [-0.39, 0.29) is 18.2 Å². The Balaban J connectivity index is 0.00000200. The Labute approximate surface area is 134 Å². The average Bonchev–Trinajstić information content (AvgIpc) is 2.43. The zero-order chi connectivity index (χ0) is 13.8. The van der Waals surface area contributed by atoms with E-state index >= 15 is 0 Å². The minimum atomic E-state index is -0.225. The number of nitrogens with zero attached hydrogens (tertiary/aromatic N) is 1. The molecule has 0 spiro atoms. The minimum Gasteiger partial charge on any atom is -0.381 e. The van der Waals surface area contributed by atoms with Crippen LogP contribution in [0.25, 0.3) is 0 Å². The molecule has 2 rings (SSSR count). The van der Waals surface area contributed by atoms with E-state index in [4.69, 9.17) is 10.5 Å². The Kier molecular flexibility index (Phi) is 7.40. The first kappa shape index (κ1) is 17.9. The first-order valence-electron chi connectivity index (χ1n) is 6.55. The molecule has 0 aliphatic carbocycles. The van der Waals surface area contributed by atoms with Crippen molar-refractivity contribution in [2.45, 2.75) is 31.5 Å². The summed E-state index contributed by atoms with van der Waals surface area (Å²) in [7, 11) is 1.75. The molecule has 1 aromatic rings. The predicted molar refractivity (Wildman–Crippen MR) is 84.6 cm³/mol. The maximum absolute atomic E-state index is 13.2. The van der Waals surface area contributed by atoms with Gasteiger partial charge in [0.25, 0.3) is 0 Å². The maximum Gasteiger partial charge on any atom is 0.137 e. The first-order chi connectivity index (χ1) is 9.13. The zero-order valence-electron chi connectivity index (χ0n) is 11.5. The number of benzene rings is 1. The van der Waals surface area contributed by atoms with Crippen molar-refractivity contribution >= 4 is 28.3 Å². The molecule has 1 aliphatic heterocycles. The van der Waals surface area contributed by atoms with E-state index in [2.05, 4.69) is 20.8 Å². The van der Waals surface area contributed by atoms with Gasteiger partial charge >= 0.3 is 0 Å². The van der Waals surface area contributed by atoms with Crippen LogP contribution in [-0.2, 0) is 11.3 Å². The highest BCUT2D eigenvalue weighted by Gasteiger charge is 2.27. The van der Waals surface area contributed by atoms with E-state index in [1.54, 1.807) is 7.11 Å². The van der Waals surface area contributed by atoms with Crippen molar-refractivity contribution in [2.75, 3.05) is 20.2 Å². The van der Waals surface area contributed by atoms with E-state index in [1.165, 1.54) is 6.07 Å². The van der Waals surface area contributed by atoms with Crippen molar-refractivity contribution < 1.29 is 9.13 Å². The van der Waals surface area contributed by atoms with E-state index < -0.39 is 0 Å². The number of hydrogen-bond donors (Lipinski definition) is 1. The maximum atomic E-state index is 13.2. The molecule has 3 nitrogen and oxygen atoms in total. The Morgan fingerprint density at radius 3 is 2.85 bits per heavy atom. The zero-order valence-corrected chi connectivity index (χ0v) is 13.9. The summed E-state index contributed by atoms with van der Waals surface area (Å²) in [5.41, 5.74) is 6.95. The van der Waals surface area contributed by atoms with Gasteiger partial charge in [-0.3, -0.25) is 4.90 Å². The van der Waals surface area contributed by atoms with Gasteiger partial charge in [-0.15, -0.1) is 12.4 Å². The SMILES string of the molecule is COC1CCN(Cc2ccc(F)c(Br)c2)C(CN)C1.Cl. The van der Waals surface area contributed by atoms with Crippen molar-refractivity contribution in [1.29, 1.82) is 0 Å². The lowest BCUT2D eigenvalue weighted by Gasteiger charge is -2.38. The number of methoxy groups -OCH3 is 1. The van der Waals surface area contributed by atoms with Crippen LogP contribution in [0.5, 0.6) is 0 Å². The highest BCUT2D eigenvalue weighted by atomic mass is 79.9. The molecule has 2 unspecified atom stereocenters. The van der Waals surface area contributed by atoms with Crippen LogP contribution < -0.4 is 5.73 Å². The van der Waals surface area contributed by atoms with Crippen LogP contribution in [0.1, 0.15) is 18.4 Å². The van der Waals surface area contributed by atoms with Gasteiger partial charge in [-0.25, -0.2) is 4.39 Å². The van der Waals surface area contributed by atoms with Crippen molar-refractivity contribution in [3.8, 4) is 0 Å². The molecule has 2 atom stereocenters. The number of piperidine rings is 1. The normalized spacial score (nSPS) is 23.4. The van der Waals surface area contributed by atoms with Gasteiger partial charge in [-0.1, -0.05) is 6.07 Å². The summed E-state index contributed by atoms with van der Waals surface area (Å²) in [6.07, 6.45) is 2.30. The second-order valence-corrected chi connectivity index (χ2v) is 5.84. The molecule has 1 saturated heterocycles. The molecule has 0 amide bonds. The fraction of sp³-hybridized carbons (Fsp3) is 0.571. The topological polar surface area (TPSA) is 38.5 Å². The monoisotopic (exact) mass is 366 g/mol. The van der Waals surface area contributed by atoms with Crippen LogP contribution >= 0.6 is 28.3 Å². The Morgan fingerprint density at radius 2 is 2.25 bits per heavy atom. The molecular formula is C14H21BrClFN2O. The van der Waals surface area contributed by atoms with Crippen LogP contribution in [0.2, 0.25) is 0 Å². The van der Waals surface area contributed by atoms with Crippen LogP contribution in [-0.4, -0.2) is 37.2 Å². The fourth-order valence-corrected chi connectivity index (χ4v) is 3.03. The molecule has 1 heterocycles. The third kappa shape index (κ3) is 4.40. The smallest absolute Gasteiger partial charge is 0.137 e. The summed E-state index contributed by atoms with van der Waals surface area (Å²) in [5.74, 6) is -0.225. The predicted octanol–water partition coefficient (Wildman–Crippen LogP) is 2.95. The van der Waals surface area contributed by atoms with E-state index in [1.807, 2.05) is 12.1 Å². The molecule has 0 aromatic heterocycles. The van der Waals surface area contributed by atoms with Gasteiger partial charge in [0.2, 0.25) is 0 Å². The summed E-state index contributed by atoms with van der Waals surface area (Å²) in [5, 5.41) is 0. The van der Waals surface area contributed by atoms with E-state index in [9.17, 15) is 4.39 Å². The molecule has 2 N–H and O–H groups in total. The summed E-state index contributed by atoms with van der Waals surface area (Å²) >= 11 is 3.23. The quantitative estimate of drug-likeness (QED) is 0.889. The van der Waals surface area contributed by atoms with Crippen molar-refractivity contribution in [1.82, 2.24) is 4.90 Å². The summed E-state index contributed by atoms with van der Waals surface area (Å²) in [6.45, 7) is 2.40. The molecule has 0 saturated carbocycles. The number of hydrogen-bond acceptors (Lipinski definition) is 3. The molecule has 114 valence electrons. The van der Waals surface area contributed by atoms with Gasteiger partial charge in [0.05, 0.1) is 10.6 Å². The molecule has 1 aromatic carbocycles. The highest BCUT2D eigenvalue weighted by Crippen LogP contribution is 2.23. The third-order valence-corrected chi connectivity index (χ3v) is 4.37. The molecular weight excluding hydrogens is 347 g/mol. The lowest BCUT2D eigenvalue weighted by Crippen LogP contribution is -2.47. The molecule has 1 aliphatic rings. The number of likely N-dealkylation sites (tertiary alicyclic amines) is 1. The molecule has 6 heteroatoms. The second kappa shape index (κ2) is 8.29. The van der Waals surface area contributed by atoms with Gasteiger partial charge < -0.3 is 10.5 Å². The van der Waals surface area contributed by atoms with E-state index in [0.717, 1.165) is 31.5 Å². The van der Waals surface area contributed by atoms with Gasteiger partial charge in [-0.05, 0) is 46.5 Å². The van der Waals surface area contributed by atoms with Crippen molar-refractivity contribution in [3.63, 3.8) is 0 Å². The lowest BCUT2D eigenvalue weighted by atomic mass is 9.98. The van der Waals surface area contributed by atoms with Crippen molar-refractivity contribution in [2.24, 2.45) is 5.73 Å². The van der Waals surface area contributed by atoms with Gasteiger partial charge in [0.15, 0.2) is 0 Å². The van der Waals surface area contributed by atoms with Gasteiger partial charge in [0.1, 0.15) is 5.82 Å². The van der Waals surface area contributed by atoms with Crippen LogP contribution in [0.3, 0.4) is 0 Å². The molecule has 0 bridgehead atoms. The minimum absolute atomic E-state index is 0. The largest absolute Gasteiger partial charge is 0.381 e. The number of nitrogens with two attached hydrogens (primary N) is 1.